The smallest absolute Gasteiger partial charge is 0.244 e. The molecular formula is C24H28N4O2. The molecule has 1 N–H and O–H groups in total. The highest BCUT2D eigenvalue weighted by atomic mass is 16.2. The predicted octanol–water partition coefficient (Wildman–Crippen LogP) is 3.15. The number of hydrogen-bond donors (Lipinski definition) is 1. The van der Waals surface area contributed by atoms with Crippen LogP contribution < -0.4 is 5.32 Å². The number of para-hydroxylation sites is 1. The molecule has 30 heavy (non-hydrogen) atoms. The minimum Gasteiger partial charge on any atom is -0.374 e. The number of aryl methyl sites for hydroxylation is 1. The molecule has 1 aromatic heterocycles. The van der Waals surface area contributed by atoms with E-state index in [1.165, 1.54) is 10.9 Å². The lowest BCUT2D eigenvalue weighted by Gasteiger charge is -2.19. The largest absolute Gasteiger partial charge is 0.374 e. The lowest BCUT2D eigenvalue weighted by Crippen LogP contribution is -2.35. The van der Waals surface area contributed by atoms with Gasteiger partial charge in [0.1, 0.15) is 6.04 Å². The van der Waals surface area contributed by atoms with E-state index in [4.69, 9.17) is 0 Å². The summed E-state index contributed by atoms with van der Waals surface area (Å²) in [4.78, 5) is 28.6. The van der Waals surface area contributed by atoms with Crippen molar-refractivity contribution in [3.05, 3.63) is 65.4 Å². The molecule has 0 bridgehead atoms. The zero-order valence-electron chi connectivity index (χ0n) is 18.0. The van der Waals surface area contributed by atoms with Crippen LogP contribution in [0.3, 0.4) is 0 Å². The molecule has 1 aliphatic heterocycles. The van der Waals surface area contributed by atoms with Gasteiger partial charge in [-0.05, 0) is 41.6 Å². The number of amides is 2. The molecule has 0 saturated carbocycles. The molecule has 0 radical (unpaired) electrons. The van der Waals surface area contributed by atoms with E-state index in [9.17, 15) is 9.59 Å². The Balaban J connectivity index is 1.48. The summed E-state index contributed by atoms with van der Waals surface area (Å²) in [5, 5.41) is 4.45. The molecule has 0 fully saturated rings. The van der Waals surface area contributed by atoms with E-state index in [1.54, 1.807) is 9.80 Å². The van der Waals surface area contributed by atoms with E-state index in [1.807, 2.05) is 58.4 Å². The van der Waals surface area contributed by atoms with Crippen molar-refractivity contribution < 1.29 is 9.59 Å². The topological polar surface area (TPSA) is 57.6 Å². The third kappa shape index (κ3) is 3.77. The first kappa shape index (κ1) is 20.0. The molecule has 1 atom stereocenters. The van der Waals surface area contributed by atoms with Crippen LogP contribution >= 0.6 is 0 Å². The first-order chi connectivity index (χ1) is 14.3. The Hall–Kier alpha value is -3.28. The second-order valence-corrected chi connectivity index (χ2v) is 8.23. The van der Waals surface area contributed by atoms with Crippen LogP contribution in [0.25, 0.3) is 10.9 Å². The molecule has 2 amide bonds. The number of rotatable bonds is 4. The van der Waals surface area contributed by atoms with Gasteiger partial charge in [0.05, 0.1) is 13.0 Å². The number of fused-ring (bicyclic) bond motifs is 2. The third-order valence-electron chi connectivity index (χ3n) is 5.93. The van der Waals surface area contributed by atoms with Crippen molar-refractivity contribution >= 4 is 28.4 Å². The van der Waals surface area contributed by atoms with Gasteiger partial charge in [-0.2, -0.15) is 0 Å². The summed E-state index contributed by atoms with van der Waals surface area (Å²) in [6.45, 7) is 2.97. The summed E-state index contributed by atoms with van der Waals surface area (Å²) in [5.41, 5.74) is 5.23. The van der Waals surface area contributed by atoms with Gasteiger partial charge in [0.25, 0.3) is 0 Å². The first-order valence-corrected chi connectivity index (χ1v) is 10.2. The molecule has 0 saturated heterocycles. The average molecular weight is 405 g/mol. The third-order valence-corrected chi connectivity index (χ3v) is 5.93. The Morgan fingerprint density at radius 3 is 2.70 bits per heavy atom. The fourth-order valence-electron chi connectivity index (χ4n) is 4.13. The Bertz CT molecular complexity index is 1120. The SMILES string of the molecule is C[C@H]1Nc2ccc(CC(=O)N(C)Cc3cc4ccccc4n3C)cc2CN(C)C1=O. The number of likely N-dealkylation sites (N-methyl/N-ethyl adjacent to an activating group) is 2. The van der Waals surface area contributed by atoms with Crippen LogP contribution in [0.5, 0.6) is 0 Å². The quantitative estimate of drug-likeness (QED) is 0.727. The van der Waals surface area contributed by atoms with Gasteiger partial charge in [0.15, 0.2) is 0 Å². The van der Waals surface area contributed by atoms with Crippen molar-refractivity contribution in [2.24, 2.45) is 7.05 Å². The van der Waals surface area contributed by atoms with E-state index in [0.717, 1.165) is 22.5 Å². The molecular weight excluding hydrogens is 376 g/mol. The maximum Gasteiger partial charge on any atom is 0.244 e. The van der Waals surface area contributed by atoms with Gasteiger partial charge in [-0.15, -0.1) is 0 Å². The van der Waals surface area contributed by atoms with Crippen LogP contribution in [0, 0.1) is 0 Å². The maximum absolute atomic E-state index is 12.9. The Kier molecular flexibility index (Phi) is 5.24. The van der Waals surface area contributed by atoms with Gasteiger partial charge >= 0.3 is 0 Å². The molecule has 2 aromatic carbocycles. The fourth-order valence-corrected chi connectivity index (χ4v) is 4.13. The van der Waals surface area contributed by atoms with Gasteiger partial charge in [-0.1, -0.05) is 30.3 Å². The molecule has 4 rings (SSSR count). The van der Waals surface area contributed by atoms with E-state index >= 15 is 0 Å². The molecule has 0 unspecified atom stereocenters. The number of benzene rings is 2. The van der Waals surface area contributed by atoms with Crippen LogP contribution in [-0.2, 0) is 36.1 Å². The molecule has 3 aromatic rings. The molecule has 6 nitrogen and oxygen atoms in total. The van der Waals surface area contributed by atoms with Crippen molar-refractivity contribution in [3.63, 3.8) is 0 Å². The van der Waals surface area contributed by atoms with Crippen molar-refractivity contribution in [2.45, 2.75) is 32.5 Å². The van der Waals surface area contributed by atoms with Crippen LogP contribution in [-0.4, -0.2) is 46.3 Å². The molecule has 6 heteroatoms. The van der Waals surface area contributed by atoms with Gasteiger partial charge < -0.3 is 19.7 Å². The van der Waals surface area contributed by atoms with E-state index in [-0.39, 0.29) is 17.9 Å². The van der Waals surface area contributed by atoms with Gasteiger partial charge in [-0.25, -0.2) is 0 Å². The van der Waals surface area contributed by atoms with Crippen LogP contribution in [0.1, 0.15) is 23.7 Å². The zero-order valence-corrected chi connectivity index (χ0v) is 18.0. The van der Waals surface area contributed by atoms with Crippen LogP contribution in [0.2, 0.25) is 0 Å². The van der Waals surface area contributed by atoms with E-state index < -0.39 is 0 Å². The molecule has 0 aliphatic carbocycles. The monoisotopic (exact) mass is 404 g/mol. The molecule has 0 spiro atoms. The second-order valence-electron chi connectivity index (χ2n) is 8.23. The van der Waals surface area contributed by atoms with Crippen LogP contribution in [0.15, 0.2) is 48.5 Å². The highest BCUT2D eigenvalue weighted by Crippen LogP contribution is 2.24. The number of carbonyl (C=O) groups is 2. The number of nitrogens with one attached hydrogen (secondary N) is 1. The number of carbonyl (C=O) groups excluding carboxylic acids is 2. The molecule has 156 valence electrons. The molecule has 1 aliphatic rings. The summed E-state index contributed by atoms with van der Waals surface area (Å²) in [7, 11) is 5.69. The Morgan fingerprint density at radius 1 is 1.17 bits per heavy atom. The predicted molar refractivity (Wildman–Crippen MR) is 119 cm³/mol. The number of aromatic nitrogens is 1. The minimum atomic E-state index is -0.254. The fraction of sp³-hybridized carbons (Fsp3) is 0.333. The standard InChI is InChI=1S/C24H28N4O2/c1-16-24(30)27(3)14-19-11-17(9-10-21(19)25-16)12-23(29)26(2)15-20-13-18-7-5-6-8-22(18)28(20)4/h5-11,13,16,25H,12,14-15H2,1-4H3/t16-/m1/s1. The Labute approximate surface area is 177 Å². The van der Waals surface area contributed by atoms with Gasteiger partial charge in [0.2, 0.25) is 11.8 Å². The van der Waals surface area contributed by atoms with Crippen molar-refractivity contribution in [1.29, 1.82) is 0 Å². The van der Waals surface area contributed by atoms with Gasteiger partial charge in [-0.3, -0.25) is 9.59 Å². The second kappa shape index (κ2) is 7.86. The summed E-state index contributed by atoms with van der Waals surface area (Å²) in [6, 6.07) is 16.1. The lowest BCUT2D eigenvalue weighted by atomic mass is 10.0. The lowest BCUT2D eigenvalue weighted by molar-refractivity contribution is -0.131. The summed E-state index contributed by atoms with van der Waals surface area (Å²) in [5.74, 6) is 0.137. The highest BCUT2D eigenvalue weighted by molar-refractivity contribution is 5.86. The maximum atomic E-state index is 12.9. The normalized spacial score (nSPS) is 16.2. The molecule has 2 heterocycles. The summed E-state index contributed by atoms with van der Waals surface area (Å²) in [6.07, 6.45) is 0.334. The van der Waals surface area contributed by atoms with E-state index in [2.05, 4.69) is 28.1 Å². The summed E-state index contributed by atoms with van der Waals surface area (Å²) >= 11 is 0. The van der Waals surface area contributed by atoms with E-state index in [0.29, 0.717) is 19.5 Å². The zero-order chi connectivity index (χ0) is 21.4. The number of anilines is 1. The first-order valence-electron chi connectivity index (χ1n) is 10.2. The summed E-state index contributed by atoms with van der Waals surface area (Å²) < 4.78 is 2.14. The van der Waals surface area contributed by atoms with Gasteiger partial charge in [0, 0.05) is 44.6 Å². The highest BCUT2D eigenvalue weighted by Gasteiger charge is 2.23. The Morgan fingerprint density at radius 2 is 1.93 bits per heavy atom. The van der Waals surface area contributed by atoms with Crippen molar-refractivity contribution in [1.82, 2.24) is 14.4 Å². The minimum absolute atomic E-state index is 0.0681. The average Bonchev–Trinajstić information content (AvgIpc) is 2.99. The number of nitrogens with zero attached hydrogens (tertiary/aromatic N) is 3. The van der Waals surface area contributed by atoms with Crippen molar-refractivity contribution in [2.75, 3.05) is 19.4 Å². The number of hydrogen-bond acceptors (Lipinski definition) is 3. The van der Waals surface area contributed by atoms with Crippen LogP contribution in [0.4, 0.5) is 5.69 Å². The van der Waals surface area contributed by atoms with Crippen molar-refractivity contribution in [3.8, 4) is 0 Å².